The van der Waals surface area contributed by atoms with Crippen molar-refractivity contribution >= 4 is 41.4 Å². The van der Waals surface area contributed by atoms with Gasteiger partial charge < -0.3 is 0 Å². The van der Waals surface area contributed by atoms with Crippen LogP contribution < -0.4 is 0 Å². The Kier molecular flexibility index (Phi) is 11.5. The molecule has 0 saturated carbocycles. The third kappa shape index (κ3) is 10.1. The quantitative estimate of drug-likeness (QED) is 0.167. The first-order valence-corrected chi connectivity index (χ1v) is 12.9. The second-order valence-electron chi connectivity index (χ2n) is 5.43. The number of azo groups is 2. The Morgan fingerprint density at radius 3 is 1.14 bits per heavy atom. The molecule has 0 aliphatic rings. The zero-order valence-electron chi connectivity index (χ0n) is 15.4. The monoisotopic (exact) mass is 456 g/mol. The van der Waals surface area contributed by atoms with E-state index in [4.69, 9.17) is 18.6 Å². The maximum atomic E-state index is 4.89. The Morgan fingerprint density at radius 2 is 0.828 bits per heavy atom. The van der Waals surface area contributed by atoms with Gasteiger partial charge in [-0.1, -0.05) is 36.4 Å². The summed E-state index contributed by atoms with van der Waals surface area (Å²) in [7, 11) is 9.78. The molecule has 4 nitrogen and oxygen atoms in total. The van der Waals surface area contributed by atoms with Crippen LogP contribution in [-0.4, -0.2) is 0 Å². The van der Waals surface area contributed by atoms with Gasteiger partial charge in [-0.3, -0.25) is 0 Å². The topological polar surface area (TPSA) is 49.4 Å². The van der Waals surface area contributed by atoms with Gasteiger partial charge in [-0.25, -0.2) is 34.5 Å². The second kappa shape index (κ2) is 14.6. The van der Waals surface area contributed by atoms with Crippen molar-refractivity contribution in [2.45, 2.75) is 0 Å². The normalized spacial score (nSPS) is 10.1. The molecule has 0 bridgehead atoms. The Balaban J connectivity index is 0.000000183. The zero-order valence-corrected chi connectivity index (χ0v) is 18.5. The van der Waals surface area contributed by atoms with Crippen molar-refractivity contribution in [1.29, 1.82) is 0 Å². The zero-order chi connectivity index (χ0) is 20.6. The van der Waals surface area contributed by atoms with Crippen LogP contribution in [0.1, 0.15) is 0 Å². The first-order valence-electron chi connectivity index (χ1n) is 8.65. The SMILES string of the molecule is [Cl][Ti][Cl].c1ccc(N=N[c-]2cccc2)cc1.c1ccc(N=N[c-]2cccc2)cc1. The molecule has 0 aliphatic heterocycles. The minimum atomic E-state index is -0.556. The molecule has 0 aliphatic carbocycles. The average Bonchev–Trinajstić information content (AvgIpc) is 3.48. The van der Waals surface area contributed by atoms with E-state index in [2.05, 4.69) is 20.5 Å². The Morgan fingerprint density at radius 1 is 0.517 bits per heavy atom. The molecule has 0 spiro atoms. The molecular formula is C22H18Cl2N4Ti-2. The molecule has 0 aromatic heterocycles. The van der Waals surface area contributed by atoms with E-state index >= 15 is 0 Å². The minimum Gasteiger partial charge on any atom is -0.218 e. The molecule has 7 heteroatoms. The van der Waals surface area contributed by atoms with Gasteiger partial charge in [-0.05, 0) is 35.6 Å². The first kappa shape index (κ1) is 22.9. The van der Waals surface area contributed by atoms with Gasteiger partial charge in [0.2, 0.25) is 0 Å². The van der Waals surface area contributed by atoms with Crippen LogP contribution in [0, 0.1) is 0 Å². The van der Waals surface area contributed by atoms with Crippen LogP contribution in [0.4, 0.5) is 22.7 Å². The number of halogens is 2. The van der Waals surface area contributed by atoms with Crippen molar-refractivity contribution in [3.8, 4) is 0 Å². The standard InChI is InChI=1S/2C11H9N2.2ClH.Ti/c2*1-2-6-10(7-3-1)12-13-11-8-4-5-9-11;;;/h2*1-9H;2*1H;/q2*-1;;;+2/p-2. The number of hydrogen-bond acceptors (Lipinski definition) is 4. The predicted octanol–water partition coefficient (Wildman–Crippen LogP) is 9.02. The van der Waals surface area contributed by atoms with Crippen LogP contribution in [0.15, 0.2) is 130 Å². The van der Waals surface area contributed by atoms with Gasteiger partial charge >= 0.3 is 35.6 Å². The summed E-state index contributed by atoms with van der Waals surface area (Å²) in [4.78, 5) is 0. The Hall–Kier alpha value is -2.37. The molecular weight excluding hydrogens is 439 g/mol. The van der Waals surface area contributed by atoms with Crippen molar-refractivity contribution < 1.29 is 17.0 Å². The molecule has 146 valence electrons. The Bertz CT molecular complexity index is 859. The molecule has 4 rings (SSSR count). The molecule has 0 heterocycles. The molecule has 0 saturated heterocycles. The van der Waals surface area contributed by atoms with Gasteiger partial charge in [0.15, 0.2) is 0 Å². The van der Waals surface area contributed by atoms with Crippen molar-refractivity contribution in [1.82, 2.24) is 0 Å². The summed E-state index contributed by atoms with van der Waals surface area (Å²) in [6, 6.07) is 34.9. The molecule has 0 unspecified atom stereocenters. The summed E-state index contributed by atoms with van der Waals surface area (Å²) < 4.78 is 0. The summed E-state index contributed by atoms with van der Waals surface area (Å²) in [5.41, 5.74) is 3.54. The third-order valence-electron chi connectivity index (χ3n) is 3.36. The third-order valence-corrected chi connectivity index (χ3v) is 3.36. The van der Waals surface area contributed by atoms with E-state index in [0.717, 1.165) is 22.7 Å². The molecule has 0 fully saturated rings. The summed E-state index contributed by atoms with van der Waals surface area (Å²) >= 11 is -0.556. The summed E-state index contributed by atoms with van der Waals surface area (Å²) in [5.74, 6) is 0. The van der Waals surface area contributed by atoms with E-state index < -0.39 is 17.0 Å². The second-order valence-corrected chi connectivity index (χ2v) is 8.01. The van der Waals surface area contributed by atoms with Crippen molar-refractivity contribution in [3.63, 3.8) is 0 Å². The molecule has 0 atom stereocenters. The van der Waals surface area contributed by atoms with Crippen LogP contribution in [0.2, 0.25) is 0 Å². The van der Waals surface area contributed by atoms with Gasteiger partial charge in [0.05, 0.1) is 11.4 Å². The van der Waals surface area contributed by atoms with Gasteiger partial charge in [0, 0.05) is 0 Å². The molecule has 29 heavy (non-hydrogen) atoms. The van der Waals surface area contributed by atoms with E-state index in [0.29, 0.717) is 0 Å². The Labute approximate surface area is 187 Å². The number of hydrogen-bond donors (Lipinski definition) is 0. The number of benzene rings is 2. The van der Waals surface area contributed by atoms with Crippen LogP contribution in [-0.2, 0) is 17.0 Å². The van der Waals surface area contributed by atoms with Crippen molar-refractivity contribution in [2.75, 3.05) is 0 Å². The van der Waals surface area contributed by atoms with Gasteiger partial charge in [0.1, 0.15) is 0 Å². The summed E-state index contributed by atoms with van der Waals surface area (Å²) in [5, 5.41) is 16.3. The van der Waals surface area contributed by atoms with Gasteiger partial charge in [-0.2, -0.15) is 34.5 Å². The maximum Gasteiger partial charge on any atom is 0.0844 e. The van der Waals surface area contributed by atoms with Crippen molar-refractivity contribution in [3.05, 3.63) is 109 Å². The molecule has 4 aromatic carbocycles. The predicted molar refractivity (Wildman–Crippen MR) is 117 cm³/mol. The van der Waals surface area contributed by atoms with E-state index in [1.807, 2.05) is 109 Å². The summed E-state index contributed by atoms with van der Waals surface area (Å²) in [6.07, 6.45) is 0. The fourth-order valence-electron chi connectivity index (χ4n) is 2.08. The molecule has 0 amide bonds. The minimum absolute atomic E-state index is 0.556. The van der Waals surface area contributed by atoms with E-state index in [1.54, 1.807) is 0 Å². The fourth-order valence-corrected chi connectivity index (χ4v) is 2.08. The van der Waals surface area contributed by atoms with Gasteiger partial charge in [-0.15, -0.1) is 0 Å². The van der Waals surface area contributed by atoms with E-state index in [9.17, 15) is 0 Å². The van der Waals surface area contributed by atoms with E-state index in [1.165, 1.54) is 0 Å². The largest absolute Gasteiger partial charge is 0.218 e. The number of rotatable bonds is 4. The molecule has 0 N–H and O–H groups in total. The van der Waals surface area contributed by atoms with Crippen LogP contribution in [0.25, 0.3) is 0 Å². The summed E-state index contributed by atoms with van der Waals surface area (Å²) in [6.45, 7) is 0. The van der Waals surface area contributed by atoms with Crippen LogP contribution >= 0.6 is 18.6 Å². The maximum absolute atomic E-state index is 4.89. The van der Waals surface area contributed by atoms with Crippen LogP contribution in [0.3, 0.4) is 0 Å². The molecule has 4 aromatic rings. The van der Waals surface area contributed by atoms with E-state index in [-0.39, 0.29) is 0 Å². The number of nitrogens with zero attached hydrogens (tertiary/aromatic N) is 4. The first-order chi connectivity index (χ1) is 14.3. The van der Waals surface area contributed by atoms with Crippen LogP contribution in [0.5, 0.6) is 0 Å². The van der Waals surface area contributed by atoms with Gasteiger partial charge in [0.25, 0.3) is 0 Å². The fraction of sp³-hybridized carbons (Fsp3) is 0. The average molecular weight is 457 g/mol. The van der Waals surface area contributed by atoms with Crippen molar-refractivity contribution in [2.24, 2.45) is 20.5 Å². The smallest absolute Gasteiger partial charge is 0.0844 e. The molecule has 0 radical (unpaired) electrons.